The van der Waals surface area contributed by atoms with Crippen molar-refractivity contribution in [1.82, 2.24) is 9.97 Å². The SMILES string of the molecule is CCCCOc1cc([Si](C)(C)CCCC)ccc1-c1ccnc(-c2ccc(C3CCCCC3)cc2)n1. The maximum absolute atomic E-state index is 6.36. The van der Waals surface area contributed by atoms with Gasteiger partial charge in [-0.25, -0.2) is 9.97 Å². The highest BCUT2D eigenvalue weighted by Gasteiger charge is 2.24. The van der Waals surface area contributed by atoms with E-state index in [0.29, 0.717) is 5.92 Å². The first-order valence-corrected chi connectivity index (χ1v) is 17.4. The highest BCUT2D eigenvalue weighted by atomic mass is 28.3. The number of benzene rings is 2. The van der Waals surface area contributed by atoms with Gasteiger partial charge >= 0.3 is 0 Å². The van der Waals surface area contributed by atoms with Gasteiger partial charge < -0.3 is 4.74 Å². The number of rotatable bonds is 11. The van der Waals surface area contributed by atoms with Crippen LogP contribution in [0.4, 0.5) is 0 Å². The third-order valence-electron chi connectivity index (χ3n) is 7.85. The highest BCUT2D eigenvalue weighted by molar-refractivity contribution is 6.89. The van der Waals surface area contributed by atoms with Crippen LogP contribution in [0.2, 0.25) is 19.1 Å². The quantitative estimate of drug-likeness (QED) is 0.195. The molecule has 1 heterocycles. The van der Waals surface area contributed by atoms with Crippen LogP contribution in [0.5, 0.6) is 5.75 Å². The van der Waals surface area contributed by atoms with Gasteiger partial charge in [0.05, 0.1) is 20.4 Å². The van der Waals surface area contributed by atoms with Crippen molar-refractivity contribution in [1.29, 1.82) is 0 Å². The molecule has 0 spiro atoms. The highest BCUT2D eigenvalue weighted by Crippen LogP contribution is 2.34. The summed E-state index contributed by atoms with van der Waals surface area (Å²) in [7, 11) is -1.50. The van der Waals surface area contributed by atoms with Gasteiger partial charge in [-0.1, -0.05) is 107 Å². The van der Waals surface area contributed by atoms with Crippen LogP contribution < -0.4 is 9.92 Å². The standard InChI is InChI=1S/C32H44N2OSi/c1-5-7-22-35-31-24-28(36(3,4)23-8-6-2)18-19-29(31)30-20-21-33-32(34-30)27-16-14-26(15-17-27)25-12-10-9-11-13-25/h14-21,24-25H,5-13,22-23H2,1-4H3. The number of aromatic nitrogens is 2. The van der Waals surface area contributed by atoms with E-state index in [4.69, 9.17) is 9.72 Å². The van der Waals surface area contributed by atoms with E-state index in [9.17, 15) is 0 Å². The van der Waals surface area contributed by atoms with Crippen molar-refractivity contribution < 1.29 is 4.74 Å². The lowest BCUT2D eigenvalue weighted by Gasteiger charge is -2.24. The minimum atomic E-state index is -1.50. The summed E-state index contributed by atoms with van der Waals surface area (Å²) in [6.45, 7) is 10.2. The average molecular weight is 501 g/mol. The normalized spacial score (nSPS) is 14.7. The predicted octanol–water partition coefficient (Wildman–Crippen LogP) is 8.75. The van der Waals surface area contributed by atoms with Crippen molar-refractivity contribution in [3.8, 4) is 28.4 Å². The van der Waals surface area contributed by atoms with Crippen LogP contribution in [0.3, 0.4) is 0 Å². The number of nitrogens with zero attached hydrogens (tertiary/aromatic N) is 2. The second-order valence-corrected chi connectivity index (χ2v) is 16.0. The second kappa shape index (κ2) is 12.7. The van der Waals surface area contributed by atoms with Crippen molar-refractivity contribution in [2.45, 2.75) is 96.7 Å². The Morgan fingerprint density at radius 2 is 1.64 bits per heavy atom. The van der Waals surface area contributed by atoms with E-state index >= 15 is 0 Å². The first-order chi connectivity index (χ1) is 17.5. The molecule has 1 aliphatic carbocycles. The second-order valence-electron chi connectivity index (χ2n) is 11.1. The topological polar surface area (TPSA) is 35.0 Å². The summed E-state index contributed by atoms with van der Waals surface area (Å²) in [5, 5.41) is 1.47. The number of unbranched alkanes of at least 4 members (excludes halogenated alkanes) is 2. The molecule has 0 radical (unpaired) electrons. The molecular formula is C32H44N2OSi. The maximum atomic E-state index is 6.36. The molecule has 3 nitrogen and oxygen atoms in total. The Morgan fingerprint density at radius 1 is 0.889 bits per heavy atom. The Morgan fingerprint density at radius 3 is 2.36 bits per heavy atom. The first kappa shape index (κ1) is 26.6. The average Bonchev–Trinajstić information content (AvgIpc) is 2.93. The third kappa shape index (κ3) is 6.64. The Bertz CT molecular complexity index is 1100. The molecular weight excluding hydrogens is 456 g/mol. The maximum Gasteiger partial charge on any atom is 0.159 e. The number of ether oxygens (including phenoxy) is 1. The third-order valence-corrected chi connectivity index (χ3v) is 11.3. The monoisotopic (exact) mass is 500 g/mol. The van der Waals surface area contributed by atoms with E-state index in [1.54, 1.807) is 0 Å². The summed E-state index contributed by atoms with van der Waals surface area (Å²) < 4.78 is 6.36. The summed E-state index contributed by atoms with van der Waals surface area (Å²) in [6.07, 6.45) is 13.4. The van der Waals surface area contributed by atoms with Gasteiger partial charge in [-0.05, 0) is 48.9 Å². The van der Waals surface area contributed by atoms with Crippen molar-refractivity contribution in [2.24, 2.45) is 0 Å². The molecule has 0 atom stereocenters. The van der Waals surface area contributed by atoms with Crippen LogP contribution in [0.1, 0.15) is 83.1 Å². The van der Waals surface area contributed by atoms with Crippen molar-refractivity contribution in [2.75, 3.05) is 6.61 Å². The fourth-order valence-corrected chi connectivity index (χ4v) is 7.93. The first-order valence-electron chi connectivity index (χ1n) is 14.2. The molecule has 1 aromatic heterocycles. The minimum absolute atomic E-state index is 0.714. The van der Waals surface area contributed by atoms with Crippen molar-refractivity contribution >= 4 is 13.3 Å². The predicted molar refractivity (Wildman–Crippen MR) is 156 cm³/mol. The lowest BCUT2D eigenvalue weighted by atomic mass is 9.84. The number of hydrogen-bond donors (Lipinski definition) is 0. The molecule has 3 aromatic rings. The zero-order valence-electron chi connectivity index (χ0n) is 22.9. The molecule has 1 aliphatic rings. The smallest absolute Gasteiger partial charge is 0.159 e. The van der Waals surface area contributed by atoms with Gasteiger partial charge in [0.2, 0.25) is 0 Å². The number of hydrogen-bond acceptors (Lipinski definition) is 3. The van der Waals surface area contributed by atoms with E-state index in [1.807, 2.05) is 12.3 Å². The lowest BCUT2D eigenvalue weighted by Crippen LogP contribution is -2.41. The Kier molecular flexibility index (Phi) is 9.36. The molecule has 2 aromatic carbocycles. The van der Waals surface area contributed by atoms with E-state index in [0.717, 1.165) is 47.8 Å². The van der Waals surface area contributed by atoms with Gasteiger partial charge in [-0.3, -0.25) is 0 Å². The molecule has 0 bridgehead atoms. The summed E-state index contributed by atoms with van der Waals surface area (Å²) >= 11 is 0. The van der Waals surface area contributed by atoms with Crippen molar-refractivity contribution in [3.63, 3.8) is 0 Å². The molecule has 4 rings (SSSR count). The van der Waals surface area contributed by atoms with E-state index < -0.39 is 8.07 Å². The van der Waals surface area contributed by atoms with Crippen LogP contribution in [-0.2, 0) is 0 Å². The largest absolute Gasteiger partial charge is 0.493 e. The van der Waals surface area contributed by atoms with Gasteiger partial charge in [0.1, 0.15) is 5.75 Å². The van der Waals surface area contributed by atoms with Crippen LogP contribution in [0, 0.1) is 0 Å². The summed E-state index contributed by atoms with van der Waals surface area (Å²) in [5.74, 6) is 2.46. The fraction of sp³-hybridized carbons (Fsp3) is 0.500. The molecule has 1 saturated carbocycles. The Labute approximate surface area is 219 Å². The van der Waals surface area contributed by atoms with E-state index in [2.05, 4.69) is 74.4 Å². The molecule has 1 fully saturated rings. The molecule has 0 N–H and O–H groups in total. The van der Waals surface area contributed by atoms with Gasteiger partial charge in [-0.2, -0.15) is 0 Å². The zero-order chi connectivity index (χ0) is 25.4. The van der Waals surface area contributed by atoms with Crippen molar-refractivity contribution in [3.05, 3.63) is 60.3 Å². The summed E-state index contributed by atoms with van der Waals surface area (Å²) in [4.78, 5) is 9.63. The van der Waals surface area contributed by atoms with Crippen LogP contribution >= 0.6 is 0 Å². The molecule has 0 unspecified atom stereocenters. The Balaban J connectivity index is 1.62. The molecule has 0 saturated heterocycles. The molecule has 0 amide bonds. The minimum Gasteiger partial charge on any atom is -0.493 e. The van der Waals surface area contributed by atoms with Crippen LogP contribution in [-0.4, -0.2) is 24.6 Å². The van der Waals surface area contributed by atoms with Crippen LogP contribution in [0.25, 0.3) is 22.6 Å². The molecule has 36 heavy (non-hydrogen) atoms. The van der Waals surface area contributed by atoms with Gasteiger partial charge in [0, 0.05) is 17.3 Å². The zero-order valence-corrected chi connectivity index (χ0v) is 23.9. The molecule has 4 heteroatoms. The van der Waals surface area contributed by atoms with Gasteiger partial charge in [0.25, 0.3) is 0 Å². The lowest BCUT2D eigenvalue weighted by molar-refractivity contribution is 0.311. The fourth-order valence-electron chi connectivity index (χ4n) is 5.35. The Hall–Kier alpha value is -2.46. The molecule has 0 aliphatic heterocycles. The van der Waals surface area contributed by atoms with Gasteiger partial charge in [-0.15, -0.1) is 0 Å². The van der Waals surface area contributed by atoms with Crippen LogP contribution in [0.15, 0.2) is 54.7 Å². The van der Waals surface area contributed by atoms with Gasteiger partial charge in [0.15, 0.2) is 5.82 Å². The van der Waals surface area contributed by atoms with E-state index in [1.165, 1.54) is 61.7 Å². The summed E-state index contributed by atoms with van der Waals surface area (Å²) in [6, 6.07) is 19.2. The van der Waals surface area contributed by atoms with E-state index in [-0.39, 0.29) is 0 Å². The molecule has 192 valence electrons. The summed E-state index contributed by atoms with van der Waals surface area (Å²) in [5.41, 5.74) is 4.54.